The predicted molar refractivity (Wildman–Crippen MR) is 84.4 cm³/mol. The fourth-order valence-corrected chi connectivity index (χ4v) is 3.40. The van der Waals surface area contributed by atoms with Crippen LogP contribution in [0.4, 0.5) is 0 Å². The Labute approximate surface area is 144 Å². The number of hydrogen-bond acceptors (Lipinski definition) is 8. The molecule has 10 heteroatoms. The molecule has 3 heterocycles. The molecule has 0 unspecified atom stereocenters. The van der Waals surface area contributed by atoms with Crippen molar-refractivity contribution in [3.05, 3.63) is 35.0 Å². The SMILES string of the molecule is COC(=O)Cn1c(=NC(=O)c2ccno2)sc2cc3c(cc21)OCO3. The Morgan fingerprint density at radius 1 is 1.36 bits per heavy atom. The van der Waals surface area contributed by atoms with E-state index in [1.54, 1.807) is 16.7 Å². The molecule has 0 atom stereocenters. The Morgan fingerprint density at radius 3 is 2.88 bits per heavy atom. The first kappa shape index (κ1) is 15.4. The second-order valence-corrected chi connectivity index (χ2v) is 6.02. The van der Waals surface area contributed by atoms with Crippen molar-refractivity contribution in [2.45, 2.75) is 6.54 Å². The number of rotatable bonds is 3. The highest BCUT2D eigenvalue weighted by Gasteiger charge is 2.19. The lowest BCUT2D eigenvalue weighted by Crippen LogP contribution is -2.22. The summed E-state index contributed by atoms with van der Waals surface area (Å²) in [6.07, 6.45) is 1.36. The Bertz CT molecular complexity index is 1030. The van der Waals surface area contributed by atoms with E-state index in [0.29, 0.717) is 21.8 Å². The van der Waals surface area contributed by atoms with E-state index in [-0.39, 0.29) is 19.1 Å². The normalized spacial score (nSPS) is 13.4. The predicted octanol–water partition coefficient (Wildman–Crippen LogP) is 1.33. The molecule has 9 nitrogen and oxygen atoms in total. The molecule has 0 N–H and O–H groups in total. The van der Waals surface area contributed by atoms with Crippen LogP contribution in [0.1, 0.15) is 10.6 Å². The second-order valence-electron chi connectivity index (χ2n) is 5.01. The van der Waals surface area contributed by atoms with Crippen molar-refractivity contribution in [1.29, 1.82) is 0 Å². The number of nitrogens with zero attached hydrogens (tertiary/aromatic N) is 3. The van der Waals surface area contributed by atoms with Crippen LogP contribution in [0.2, 0.25) is 0 Å². The van der Waals surface area contributed by atoms with E-state index in [2.05, 4.69) is 10.1 Å². The molecular weight excluding hydrogens is 350 g/mol. The monoisotopic (exact) mass is 361 g/mol. The molecule has 1 aliphatic heterocycles. The van der Waals surface area contributed by atoms with Crippen molar-refractivity contribution in [2.75, 3.05) is 13.9 Å². The second kappa shape index (κ2) is 6.06. The molecule has 0 fully saturated rings. The standard InChI is InChI=1S/C15H11N3O6S/c1-21-13(19)6-18-8-4-10-11(23-7-22-10)5-12(8)25-15(18)17-14(20)9-2-3-16-24-9/h2-5H,6-7H2,1H3. The van der Waals surface area contributed by atoms with E-state index >= 15 is 0 Å². The van der Waals surface area contributed by atoms with E-state index in [1.165, 1.54) is 30.7 Å². The number of esters is 1. The maximum absolute atomic E-state index is 12.2. The highest BCUT2D eigenvalue weighted by Crippen LogP contribution is 2.36. The van der Waals surface area contributed by atoms with Gasteiger partial charge >= 0.3 is 11.9 Å². The molecule has 0 saturated carbocycles. The third-order valence-corrected chi connectivity index (χ3v) is 4.58. The maximum Gasteiger partial charge on any atom is 0.325 e. The zero-order chi connectivity index (χ0) is 17.4. The lowest BCUT2D eigenvalue weighted by molar-refractivity contribution is -0.141. The van der Waals surface area contributed by atoms with Gasteiger partial charge in [-0.15, -0.1) is 0 Å². The lowest BCUT2D eigenvalue weighted by Gasteiger charge is -2.04. The molecule has 0 spiro atoms. The fourth-order valence-electron chi connectivity index (χ4n) is 2.36. The van der Waals surface area contributed by atoms with E-state index in [1.807, 2.05) is 0 Å². The summed E-state index contributed by atoms with van der Waals surface area (Å²) in [4.78, 5) is 28.3. The maximum atomic E-state index is 12.2. The number of carbonyl (C=O) groups excluding carboxylic acids is 2. The molecule has 1 amide bonds. The summed E-state index contributed by atoms with van der Waals surface area (Å²) >= 11 is 1.24. The van der Waals surface area contributed by atoms with Crippen LogP contribution in [0, 0.1) is 0 Å². The third-order valence-electron chi connectivity index (χ3n) is 3.54. The molecule has 3 aromatic rings. The lowest BCUT2D eigenvalue weighted by atomic mass is 10.3. The molecule has 0 radical (unpaired) electrons. The molecule has 4 rings (SSSR count). The molecule has 0 aliphatic carbocycles. The number of aromatic nitrogens is 2. The van der Waals surface area contributed by atoms with Crippen LogP contribution in [0.3, 0.4) is 0 Å². The molecule has 2 aromatic heterocycles. The topological polar surface area (TPSA) is 105 Å². The van der Waals surface area contributed by atoms with E-state index in [0.717, 1.165) is 4.70 Å². The first-order valence-electron chi connectivity index (χ1n) is 7.15. The Kier molecular flexibility index (Phi) is 3.73. The van der Waals surface area contributed by atoms with Gasteiger partial charge in [0.05, 0.1) is 23.5 Å². The van der Waals surface area contributed by atoms with E-state index in [4.69, 9.17) is 18.7 Å². The van der Waals surface area contributed by atoms with Gasteiger partial charge in [0.15, 0.2) is 16.3 Å². The van der Waals surface area contributed by atoms with Gasteiger partial charge in [-0.1, -0.05) is 16.5 Å². The van der Waals surface area contributed by atoms with Crippen molar-refractivity contribution in [1.82, 2.24) is 9.72 Å². The van der Waals surface area contributed by atoms with Crippen LogP contribution in [0.5, 0.6) is 11.5 Å². The number of carbonyl (C=O) groups is 2. The summed E-state index contributed by atoms with van der Waals surface area (Å²) < 4.78 is 22.7. The van der Waals surface area contributed by atoms with Crippen molar-refractivity contribution >= 4 is 33.4 Å². The number of amides is 1. The Hall–Kier alpha value is -3.14. The number of ether oxygens (including phenoxy) is 3. The largest absolute Gasteiger partial charge is 0.468 e. The smallest absolute Gasteiger partial charge is 0.325 e. The fraction of sp³-hybridized carbons (Fsp3) is 0.200. The van der Waals surface area contributed by atoms with Crippen molar-refractivity contribution in [2.24, 2.45) is 4.99 Å². The quantitative estimate of drug-likeness (QED) is 0.648. The van der Waals surface area contributed by atoms with Crippen molar-refractivity contribution < 1.29 is 28.3 Å². The average molecular weight is 361 g/mol. The summed E-state index contributed by atoms with van der Waals surface area (Å²) in [6, 6.07) is 4.95. The zero-order valence-corrected chi connectivity index (χ0v) is 13.7. The third kappa shape index (κ3) is 2.76. The highest BCUT2D eigenvalue weighted by atomic mass is 32.1. The van der Waals surface area contributed by atoms with Gasteiger partial charge in [-0.2, -0.15) is 4.99 Å². The van der Waals surface area contributed by atoms with Gasteiger partial charge in [-0.3, -0.25) is 9.59 Å². The minimum absolute atomic E-state index is 0.0104. The van der Waals surface area contributed by atoms with Gasteiger partial charge in [0.25, 0.3) is 0 Å². The highest BCUT2D eigenvalue weighted by molar-refractivity contribution is 7.16. The molecule has 0 saturated heterocycles. The zero-order valence-electron chi connectivity index (χ0n) is 12.9. The molecule has 1 aromatic carbocycles. The number of benzene rings is 1. The number of thiazole rings is 1. The first-order valence-corrected chi connectivity index (χ1v) is 7.97. The number of fused-ring (bicyclic) bond motifs is 2. The number of hydrogen-bond donors (Lipinski definition) is 0. The van der Waals surface area contributed by atoms with Gasteiger partial charge in [-0.25, -0.2) is 0 Å². The van der Waals surface area contributed by atoms with Gasteiger partial charge in [0, 0.05) is 18.2 Å². The summed E-state index contributed by atoms with van der Waals surface area (Å²) in [5.41, 5.74) is 0.684. The van der Waals surface area contributed by atoms with Gasteiger partial charge < -0.3 is 23.3 Å². The Morgan fingerprint density at radius 2 is 2.16 bits per heavy atom. The first-order chi connectivity index (χ1) is 12.2. The molecular formula is C15H11N3O6S. The van der Waals surface area contributed by atoms with E-state index < -0.39 is 11.9 Å². The van der Waals surface area contributed by atoms with E-state index in [9.17, 15) is 9.59 Å². The average Bonchev–Trinajstić information content (AvgIpc) is 3.33. The van der Waals surface area contributed by atoms with Crippen LogP contribution in [0.25, 0.3) is 10.2 Å². The molecule has 128 valence electrons. The number of methoxy groups -OCH3 is 1. The van der Waals surface area contributed by atoms with Crippen LogP contribution < -0.4 is 14.3 Å². The molecule has 25 heavy (non-hydrogen) atoms. The summed E-state index contributed by atoms with van der Waals surface area (Å²) in [6.45, 7) is 0.0451. The summed E-state index contributed by atoms with van der Waals surface area (Å²) in [5, 5.41) is 3.49. The minimum Gasteiger partial charge on any atom is -0.468 e. The summed E-state index contributed by atoms with van der Waals surface area (Å²) in [5.74, 6) is 0.119. The van der Waals surface area contributed by atoms with Crippen molar-refractivity contribution in [3.63, 3.8) is 0 Å². The Balaban J connectivity index is 1.88. The van der Waals surface area contributed by atoms with Gasteiger partial charge in [0.1, 0.15) is 6.54 Å². The van der Waals surface area contributed by atoms with Gasteiger partial charge in [0.2, 0.25) is 12.6 Å². The van der Waals surface area contributed by atoms with Crippen molar-refractivity contribution in [3.8, 4) is 11.5 Å². The van der Waals surface area contributed by atoms with Crippen LogP contribution in [-0.2, 0) is 16.1 Å². The molecule has 0 bridgehead atoms. The van der Waals surface area contributed by atoms with Crippen LogP contribution in [0.15, 0.2) is 33.9 Å². The summed E-state index contributed by atoms with van der Waals surface area (Å²) in [7, 11) is 1.29. The van der Waals surface area contributed by atoms with Crippen LogP contribution in [-0.4, -0.2) is 35.5 Å². The van der Waals surface area contributed by atoms with Crippen LogP contribution >= 0.6 is 11.3 Å². The van der Waals surface area contributed by atoms with Gasteiger partial charge in [-0.05, 0) is 0 Å². The molecule has 1 aliphatic rings. The minimum atomic E-state index is -0.595.